The predicted molar refractivity (Wildman–Crippen MR) is 93.3 cm³/mol. The van der Waals surface area contributed by atoms with Crippen molar-refractivity contribution in [2.24, 2.45) is 10.9 Å². The summed E-state index contributed by atoms with van der Waals surface area (Å²) in [6.45, 7) is 5.85. The van der Waals surface area contributed by atoms with Gasteiger partial charge in [-0.2, -0.15) is 0 Å². The topological polar surface area (TPSA) is 82.6 Å². The number of hydrogen-bond donors (Lipinski definition) is 3. The van der Waals surface area contributed by atoms with Gasteiger partial charge in [-0.15, -0.1) is 11.3 Å². The summed E-state index contributed by atoms with van der Waals surface area (Å²) in [4.78, 5) is 4.08. The molecule has 0 saturated carbocycles. The van der Waals surface area contributed by atoms with E-state index in [-0.39, 0.29) is 10.8 Å². The first-order valence-corrected chi connectivity index (χ1v) is 9.72. The second-order valence-electron chi connectivity index (χ2n) is 5.06. The summed E-state index contributed by atoms with van der Waals surface area (Å²) in [5, 5.41) is 6.24. The summed E-state index contributed by atoms with van der Waals surface area (Å²) in [5.74, 6) is 1.29. The van der Waals surface area contributed by atoms with Gasteiger partial charge in [-0.25, -0.2) is 13.1 Å². The molecule has 9 heteroatoms. The highest BCUT2D eigenvalue weighted by atomic mass is 35.5. The summed E-state index contributed by atoms with van der Waals surface area (Å²) in [6, 6.07) is 3.06. The van der Waals surface area contributed by atoms with Crippen LogP contribution in [0, 0.1) is 5.92 Å². The normalized spacial score (nSPS) is 12.7. The van der Waals surface area contributed by atoms with Crippen LogP contribution < -0.4 is 15.4 Å². The van der Waals surface area contributed by atoms with E-state index in [4.69, 9.17) is 11.6 Å². The van der Waals surface area contributed by atoms with Crippen molar-refractivity contribution < 1.29 is 8.42 Å². The molecular formula is C13H23ClN4O2S2. The highest BCUT2D eigenvalue weighted by Crippen LogP contribution is 2.24. The van der Waals surface area contributed by atoms with Crippen LogP contribution in [0.5, 0.6) is 0 Å². The largest absolute Gasteiger partial charge is 0.356 e. The fourth-order valence-corrected chi connectivity index (χ4v) is 4.14. The molecule has 0 aliphatic rings. The Bertz CT molecular complexity index is 585. The van der Waals surface area contributed by atoms with Crippen molar-refractivity contribution in [3.63, 3.8) is 0 Å². The molecule has 0 spiro atoms. The molecule has 22 heavy (non-hydrogen) atoms. The lowest BCUT2D eigenvalue weighted by Gasteiger charge is -2.13. The van der Waals surface area contributed by atoms with E-state index in [1.165, 1.54) is 6.07 Å². The van der Waals surface area contributed by atoms with Gasteiger partial charge in [-0.1, -0.05) is 25.4 Å². The summed E-state index contributed by atoms with van der Waals surface area (Å²) < 4.78 is 27.1. The molecule has 0 amide bonds. The molecule has 0 aliphatic carbocycles. The fourth-order valence-electron chi connectivity index (χ4n) is 1.58. The first-order valence-electron chi connectivity index (χ1n) is 7.04. The van der Waals surface area contributed by atoms with Gasteiger partial charge in [0.25, 0.3) is 0 Å². The van der Waals surface area contributed by atoms with Crippen LogP contribution in [0.1, 0.15) is 20.3 Å². The maximum atomic E-state index is 12.0. The Labute approximate surface area is 141 Å². The summed E-state index contributed by atoms with van der Waals surface area (Å²) in [7, 11) is -1.81. The number of guanidine groups is 1. The predicted octanol–water partition coefficient (Wildman–Crippen LogP) is 1.89. The third-order valence-corrected chi connectivity index (χ3v) is 5.94. The van der Waals surface area contributed by atoms with Crippen molar-refractivity contribution in [1.82, 2.24) is 15.4 Å². The highest BCUT2D eigenvalue weighted by molar-refractivity contribution is 7.91. The molecular weight excluding hydrogens is 344 g/mol. The first kappa shape index (κ1) is 19.2. The van der Waals surface area contributed by atoms with E-state index in [1.54, 1.807) is 13.1 Å². The quantitative estimate of drug-likeness (QED) is 0.373. The van der Waals surface area contributed by atoms with Gasteiger partial charge in [0, 0.05) is 26.7 Å². The minimum Gasteiger partial charge on any atom is -0.356 e. The Morgan fingerprint density at radius 3 is 2.50 bits per heavy atom. The van der Waals surface area contributed by atoms with Gasteiger partial charge in [0.15, 0.2) is 5.96 Å². The zero-order chi connectivity index (χ0) is 16.6. The van der Waals surface area contributed by atoms with Crippen molar-refractivity contribution in [3.8, 4) is 0 Å². The number of rotatable bonds is 8. The fraction of sp³-hybridized carbons (Fsp3) is 0.615. The van der Waals surface area contributed by atoms with Crippen LogP contribution in [-0.2, 0) is 10.0 Å². The average Bonchev–Trinajstić information content (AvgIpc) is 2.88. The van der Waals surface area contributed by atoms with Crippen molar-refractivity contribution in [3.05, 3.63) is 16.5 Å². The first-order chi connectivity index (χ1) is 10.3. The number of halogens is 1. The number of hydrogen-bond acceptors (Lipinski definition) is 4. The molecule has 126 valence electrons. The third kappa shape index (κ3) is 6.95. The number of aliphatic imine (C=N–C) groups is 1. The smallest absolute Gasteiger partial charge is 0.250 e. The molecule has 1 rings (SSSR count). The molecule has 1 aromatic heterocycles. The molecule has 0 fully saturated rings. The zero-order valence-electron chi connectivity index (χ0n) is 13.0. The van der Waals surface area contributed by atoms with Crippen molar-refractivity contribution in [1.29, 1.82) is 0 Å². The molecule has 1 heterocycles. The van der Waals surface area contributed by atoms with Crippen LogP contribution in [0.15, 0.2) is 21.3 Å². The third-order valence-electron chi connectivity index (χ3n) is 2.76. The summed E-state index contributed by atoms with van der Waals surface area (Å²) >= 11 is 6.78. The average molecular weight is 367 g/mol. The van der Waals surface area contributed by atoms with Gasteiger partial charge in [0.1, 0.15) is 4.21 Å². The molecule has 0 atom stereocenters. The molecule has 0 unspecified atom stereocenters. The molecule has 0 saturated heterocycles. The van der Waals surface area contributed by atoms with Gasteiger partial charge >= 0.3 is 0 Å². The van der Waals surface area contributed by atoms with Crippen molar-refractivity contribution in [2.45, 2.75) is 24.5 Å². The van der Waals surface area contributed by atoms with E-state index in [9.17, 15) is 8.42 Å². The molecule has 6 nitrogen and oxygen atoms in total. The van der Waals surface area contributed by atoms with Gasteiger partial charge in [0.05, 0.1) is 4.34 Å². The SMILES string of the molecule is CN=C(NCCNS(=O)(=O)c1ccc(Cl)s1)NCCC(C)C. The van der Waals surface area contributed by atoms with E-state index in [2.05, 4.69) is 34.2 Å². The van der Waals surface area contributed by atoms with E-state index in [0.29, 0.717) is 22.8 Å². The minimum atomic E-state index is -3.49. The van der Waals surface area contributed by atoms with E-state index in [1.807, 2.05) is 0 Å². The van der Waals surface area contributed by atoms with Crippen LogP contribution in [0.2, 0.25) is 4.34 Å². The van der Waals surface area contributed by atoms with Crippen molar-refractivity contribution >= 4 is 38.9 Å². The second-order valence-corrected chi connectivity index (χ2v) is 8.77. The molecule has 3 N–H and O–H groups in total. The summed E-state index contributed by atoms with van der Waals surface area (Å²) in [5.41, 5.74) is 0. The minimum absolute atomic E-state index is 0.219. The molecule has 0 bridgehead atoms. The molecule has 0 radical (unpaired) electrons. The Morgan fingerprint density at radius 2 is 1.95 bits per heavy atom. The van der Waals surface area contributed by atoms with Crippen LogP contribution in [0.3, 0.4) is 0 Å². The van der Waals surface area contributed by atoms with Crippen LogP contribution >= 0.6 is 22.9 Å². The lowest BCUT2D eigenvalue weighted by Crippen LogP contribution is -2.41. The number of thiophene rings is 1. The van der Waals surface area contributed by atoms with Gasteiger partial charge in [0.2, 0.25) is 10.0 Å². The van der Waals surface area contributed by atoms with Gasteiger partial charge < -0.3 is 10.6 Å². The number of nitrogens with zero attached hydrogens (tertiary/aromatic N) is 1. The summed E-state index contributed by atoms with van der Waals surface area (Å²) in [6.07, 6.45) is 1.05. The monoisotopic (exact) mass is 366 g/mol. The Balaban J connectivity index is 2.31. The van der Waals surface area contributed by atoms with Crippen LogP contribution in [0.25, 0.3) is 0 Å². The van der Waals surface area contributed by atoms with Gasteiger partial charge in [-0.05, 0) is 24.5 Å². The highest BCUT2D eigenvalue weighted by Gasteiger charge is 2.15. The lowest BCUT2D eigenvalue weighted by atomic mass is 10.1. The molecule has 0 aliphatic heterocycles. The van der Waals surface area contributed by atoms with E-state index < -0.39 is 10.0 Å². The zero-order valence-corrected chi connectivity index (χ0v) is 15.4. The Morgan fingerprint density at radius 1 is 1.27 bits per heavy atom. The van der Waals surface area contributed by atoms with Crippen LogP contribution in [-0.4, -0.2) is 41.1 Å². The van der Waals surface area contributed by atoms with E-state index in [0.717, 1.165) is 24.3 Å². The standard InChI is InChI=1S/C13H23ClN4O2S2/c1-10(2)6-7-16-13(15-3)17-8-9-18-22(19,20)12-5-4-11(14)21-12/h4-5,10,18H,6-9H2,1-3H3,(H2,15,16,17). The van der Waals surface area contributed by atoms with Crippen LogP contribution in [0.4, 0.5) is 0 Å². The number of nitrogens with one attached hydrogen (secondary N) is 3. The Kier molecular flexibility index (Phi) is 8.16. The molecule has 1 aromatic rings. The Hall–Kier alpha value is -0.830. The maximum absolute atomic E-state index is 12.0. The molecule has 0 aromatic carbocycles. The second kappa shape index (κ2) is 9.34. The maximum Gasteiger partial charge on any atom is 0.250 e. The lowest BCUT2D eigenvalue weighted by molar-refractivity contribution is 0.571. The van der Waals surface area contributed by atoms with Crippen molar-refractivity contribution in [2.75, 3.05) is 26.7 Å². The van der Waals surface area contributed by atoms with Gasteiger partial charge in [-0.3, -0.25) is 4.99 Å². The van der Waals surface area contributed by atoms with E-state index >= 15 is 0 Å². The number of sulfonamides is 1.